The van der Waals surface area contributed by atoms with Crippen LogP contribution in [0.2, 0.25) is 0 Å². The van der Waals surface area contributed by atoms with Crippen LogP contribution < -0.4 is 4.90 Å². The summed E-state index contributed by atoms with van der Waals surface area (Å²) in [5.41, 5.74) is 1.89. The van der Waals surface area contributed by atoms with Crippen LogP contribution in [0.3, 0.4) is 0 Å². The Morgan fingerprint density at radius 3 is 2.72 bits per heavy atom. The molecule has 4 atom stereocenters. The monoisotopic (exact) mass is 504 g/mol. The number of rotatable bonds is 5. The summed E-state index contributed by atoms with van der Waals surface area (Å²) in [5.74, 6) is 0.512. The lowest BCUT2D eigenvalue weighted by Crippen LogP contribution is -2.58. The highest BCUT2D eigenvalue weighted by molar-refractivity contribution is 7.13. The van der Waals surface area contributed by atoms with Gasteiger partial charge in [0.2, 0.25) is 5.95 Å². The van der Waals surface area contributed by atoms with Gasteiger partial charge in [0.05, 0.1) is 12.2 Å². The second-order valence-corrected chi connectivity index (χ2v) is 12.2. The van der Waals surface area contributed by atoms with Gasteiger partial charge in [-0.2, -0.15) is 5.26 Å². The molecule has 2 heterocycles. The number of benzene rings is 1. The lowest BCUT2D eigenvalue weighted by Gasteiger charge is -2.56. The molecular weight excluding hydrogens is 475 g/mol. The van der Waals surface area contributed by atoms with Gasteiger partial charge in [-0.15, -0.1) is 21.5 Å². The molecule has 9 heteroatoms. The van der Waals surface area contributed by atoms with E-state index in [1.807, 2.05) is 12.1 Å². The van der Waals surface area contributed by atoms with Crippen LogP contribution in [0.1, 0.15) is 64.5 Å². The average Bonchev–Trinajstić information content (AvgIpc) is 3.57. The lowest BCUT2D eigenvalue weighted by molar-refractivity contribution is -0.0555. The molecule has 0 spiro atoms. The second kappa shape index (κ2) is 8.48. The summed E-state index contributed by atoms with van der Waals surface area (Å²) in [4.78, 5) is 11.0. The molecule has 7 nitrogen and oxygen atoms in total. The van der Waals surface area contributed by atoms with Crippen molar-refractivity contribution in [1.82, 2.24) is 20.2 Å². The summed E-state index contributed by atoms with van der Waals surface area (Å²) in [6.07, 6.45) is 7.69. The molecule has 0 aliphatic heterocycles. The van der Waals surface area contributed by atoms with Crippen molar-refractivity contribution in [3.05, 3.63) is 35.5 Å². The Morgan fingerprint density at radius 1 is 1.22 bits per heavy atom. The molecule has 2 aromatic heterocycles. The molecule has 0 unspecified atom stereocenters. The van der Waals surface area contributed by atoms with Crippen LogP contribution in [0.5, 0.6) is 5.75 Å². The minimum atomic E-state index is -0.918. The van der Waals surface area contributed by atoms with Crippen LogP contribution in [-0.4, -0.2) is 43.5 Å². The normalized spacial score (nSPS) is 29.5. The zero-order chi connectivity index (χ0) is 25.1. The first kappa shape index (κ1) is 23.3. The van der Waals surface area contributed by atoms with Gasteiger partial charge in [0, 0.05) is 28.0 Å². The van der Waals surface area contributed by atoms with Gasteiger partial charge < -0.3 is 10.0 Å². The second-order valence-electron chi connectivity index (χ2n) is 11.3. The zero-order valence-corrected chi connectivity index (χ0v) is 21.3. The number of thiazole rings is 1. The van der Waals surface area contributed by atoms with Gasteiger partial charge in [0.15, 0.2) is 5.69 Å². The average molecular weight is 505 g/mol. The van der Waals surface area contributed by atoms with E-state index in [1.54, 1.807) is 23.7 Å². The predicted octanol–water partition coefficient (Wildman–Crippen LogP) is 5.91. The molecule has 3 fully saturated rings. The molecular formula is C27H29FN6OS. The third-order valence-electron chi connectivity index (χ3n) is 8.28. The Kier molecular flexibility index (Phi) is 5.48. The van der Waals surface area contributed by atoms with E-state index in [0.717, 1.165) is 50.5 Å². The maximum atomic E-state index is 16.0. The number of anilines is 1. The van der Waals surface area contributed by atoms with E-state index < -0.39 is 6.17 Å². The fourth-order valence-corrected chi connectivity index (χ4v) is 7.32. The number of nitriles is 1. The van der Waals surface area contributed by atoms with Crippen molar-refractivity contribution in [3.63, 3.8) is 0 Å². The maximum Gasteiger partial charge on any atom is 0.245 e. The van der Waals surface area contributed by atoms with Crippen molar-refractivity contribution >= 4 is 17.3 Å². The van der Waals surface area contributed by atoms with Crippen LogP contribution in [0.25, 0.3) is 21.8 Å². The summed E-state index contributed by atoms with van der Waals surface area (Å²) in [7, 11) is 0. The molecule has 3 saturated carbocycles. The number of alkyl halides is 1. The first-order valence-electron chi connectivity index (χ1n) is 12.6. The van der Waals surface area contributed by atoms with Crippen LogP contribution in [0.15, 0.2) is 29.8 Å². The Balaban J connectivity index is 1.28. The van der Waals surface area contributed by atoms with E-state index >= 15 is 4.39 Å². The van der Waals surface area contributed by atoms with Crippen molar-refractivity contribution in [3.8, 4) is 33.6 Å². The third-order valence-corrected chi connectivity index (χ3v) is 9.17. The molecule has 6 rings (SSSR count). The van der Waals surface area contributed by atoms with Crippen LogP contribution >= 0.6 is 11.3 Å². The van der Waals surface area contributed by atoms with Gasteiger partial charge in [0.25, 0.3) is 0 Å². The standard InChI is InChI=1S/C27H29FN6OS/c1-26-8-3-9-27(2,15-26)23(28)21(11-26)34(18-5-6-18)25-30-13-20(32-33-25)19-7-4-16(10-22(19)35)24-31-17(12-29)14-36-24/h4,7,10,13-14,18,21,23,35H,3,5-6,8-9,11,15H2,1-2H3/t21-,23-,26-,27-/m0/s1. The SMILES string of the molecule is C[C@@]12CCC[C@@](C)(C1)[C@@H](F)[C@@H](N(c1ncc(-c3ccc(-c4nc(C#N)cs4)cc3O)nn1)C1CC1)C2. The fraction of sp³-hybridized carbons (Fsp3) is 0.519. The number of hydrogen-bond donors (Lipinski definition) is 1. The zero-order valence-electron chi connectivity index (χ0n) is 20.5. The smallest absolute Gasteiger partial charge is 0.245 e. The Bertz CT molecular complexity index is 1330. The molecule has 3 aliphatic carbocycles. The molecule has 1 N–H and O–H groups in total. The van der Waals surface area contributed by atoms with Crippen LogP contribution in [0, 0.1) is 22.2 Å². The number of hydrogen-bond acceptors (Lipinski definition) is 8. The third kappa shape index (κ3) is 4.01. The van der Waals surface area contributed by atoms with Crippen molar-refractivity contribution in [2.45, 2.75) is 77.0 Å². The van der Waals surface area contributed by atoms with Crippen molar-refractivity contribution < 1.29 is 9.50 Å². The largest absolute Gasteiger partial charge is 0.507 e. The van der Waals surface area contributed by atoms with E-state index in [0.29, 0.717) is 27.9 Å². The first-order valence-corrected chi connectivity index (χ1v) is 13.5. The summed E-state index contributed by atoms with van der Waals surface area (Å²) >= 11 is 1.35. The molecule has 0 amide bonds. The number of aromatic hydroxyl groups is 1. The topological polar surface area (TPSA) is 98.8 Å². The van der Waals surface area contributed by atoms with Gasteiger partial charge in [-0.25, -0.2) is 14.4 Å². The van der Waals surface area contributed by atoms with E-state index in [1.165, 1.54) is 11.3 Å². The summed E-state index contributed by atoms with van der Waals surface area (Å²) in [5, 5.41) is 30.9. The van der Waals surface area contributed by atoms with Gasteiger partial charge in [0.1, 0.15) is 28.7 Å². The molecule has 186 valence electrons. The molecule has 3 aromatic rings. The number of phenolic OH excluding ortho intramolecular Hbond substituents is 1. The van der Waals surface area contributed by atoms with Crippen molar-refractivity contribution in [1.29, 1.82) is 5.26 Å². The quantitative estimate of drug-likeness (QED) is 0.461. The van der Waals surface area contributed by atoms with E-state index in [2.05, 4.69) is 38.9 Å². The Hall–Kier alpha value is -3.12. The van der Waals surface area contributed by atoms with Gasteiger partial charge >= 0.3 is 0 Å². The minimum absolute atomic E-state index is 0.0360. The summed E-state index contributed by atoms with van der Waals surface area (Å²) < 4.78 is 16.0. The molecule has 0 saturated heterocycles. The molecule has 3 aliphatic rings. The van der Waals surface area contributed by atoms with E-state index in [4.69, 9.17) is 5.26 Å². The van der Waals surface area contributed by atoms with Crippen LogP contribution in [-0.2, 0) is 0 Å². The first-order chi connectivity index (χ1) is 17.3. The number of fused-ring (bicyclic) bond motifs is 2. The molecule has 0 radical (unpaired) electrons. The number of halogens is 1. The highest BCUT2D eigenvalue weighted by Crippen LogP contribution is 2.58. The number of nitrogens with zero attached hydrogens (tertiary/aromatic N) is 6. The summed E-state index contributed by atoms with van der Waals surface area (Å²) in [6.45, 7) is 4.43. The van der Waals surface area contributed by atoms with Crippen molar-refractivity contribution in [2.24, 2.45) is 10.8 Å². The van der Waals surface area contributed by atoms with Crippen LogP contribution in [0.4, 0.5) is 10.3 Å². The van der Waals surface area contributed by atoms with Crippen molar-refractivity contribution in [2.75, 3.05) is 4.90 Å². The number of phenols is 1. The Labute approximate surface area is 214 Å². The van der Waals surface area contributed by atoms with E-state index in [9.17, 15) is 5.11 Å². The Morgan fingerprint density at radius 2 is 2.06 bits per heavy atom. The summed E-state index contributed by atoms with van der Waals surface area (Å²) in [6, 6.07) is 7.24. The van der Waals surface area contributed by atoms with Gasteiger partial charge in [-0.05, 0) is 56.1 Å². The number of aromatic nitrogens is 4. The van der Waals surface area contributed by atoms with Gasteiger partial charge in [-0.1, -0.05) is 26.3 Å². The molecule has 36 heavy (non-hydrogen) atoms. The maximum absolute atomic E-state index is 16.0. The predicted molar refractivity (Wildman–Crippen MR) is 136 cm³/mol. The minimum Gasteiger partial charge on any atom is -0.507 e. The van der Waals surface area contributed by atoms with E-state index in [-0.39, 0.29) is 28.7 Å². The molecule has 1 aromatic carbocycles. The highest BCUT2D eigenvalue weighted by Gasteiger charge is 2.56. The highest BCUT2D eigenvalue weighted by atomic mass is 32.1. The fourth-order valence-electron chi connectivity index (χ4n) is 6.58. The lowest BCUT2D eigenvalue weighted by atomic mass is 9.54. The molecule has 2 bridgehead atoms. The van der Waals surface area contributed by atoms with Gasteiger partial charge in [-0.3, -0.25) is 0 Å².